The number of esters is 1. The van der Waals surface area contributed by atoms with Crippen LogP contribution in [0.15, 0.2) is 18.2 Å². The monoisotopic (exact) mass is 292 g/mol. The summed E-state index contributed by atoms with van der Waals surface area (Å²) in [7, 11) is 3.08. The van der Waals surface area contributed by atoms with E-state index >= 15 is 0 Å². The first kappa shape index (κ1) is 15.4. The van der Waals surface area contributed by atoms with Crippen LogP contribution in [0.3, 0.4) is 0 Å². The number of rotatable bonds is 3. The van der Waals surface area contributed by atoms with Gasteiger partial charge in [0, 0.05) is 5.56 Å². The van der Waals surface area contributed by atoms with Crippen molar-refractivity contribution >= 4 is 11.8 Å². The van der Waals surface area contributed by atoms with E-state index in [0.29, 0.717) is 17.1 Å². The number of hydrogen-bond donors (Lipinski definition) is 0. The SMILES string of the molecule is COc1ccc([C@]2(C)OC(=O)CC(=O)C2(C)C)cc1OC. The van der Waals surface area contributed by atoms with Crippen LogP contribution in [0.5, 0.6) is 11.5 Å². The molecule has 1 heterocycles. The molecule has 0 amide bonds. The molecule has 0 aliphatic carbocycles. The van der Waals surface area contributed by atoms with Gasteiger partial charge in [-0.2, -0.15) is 0 Å². The van der Waals surface area contributed by atoms with Gasteiger partial charge in [0.05, 0.1) is 19.6 Å². The number of carbonyl (C=O) groups is 2. The van der Waals surface area contributed by atoms with E-state index in [-0.39, 0.29) is 12.2 Å². The van der Waals surface area contributed by atoms with E-state index in [1.165, 1.54) is 7.11 Å². The Morgan fingerprint density at radius 3 is 2.24 bits per heavy atom. The first-order chi connectivity index (χ1) is 9.76. The highest BCUT2D eigenvalue weighted by atomic mass is 16.6. The van der Waals surface area contributed by atoms with Crippen LogP contribution in [0.2, 0.25) is 0 Å². The summed E-state index contributed by atoms with van der Waals surface area (Å²) < 4.78 is 16.1. The zero-order valence-electron chi connectivity index (χ0n) is 13.0. The van der Waals surface area contributed by atoms with E-state index in [1.807, 2.05) is 0 Å². The summed E-state index contributed by atoms with van der Waals surface area (Å²) in [5.41, 5.74) is -1.16. The number of ether oxygens (including phenoxy) is 3. The lowest BCUT2D eigenvalue weighted by Crippen LogP contribution is -2.52. The average molecular weight is 292 g/mol. The molecule has 0 aromatic heterocycles. The summed E-state index contributed by atoms with van der Waals surface area (Å²) >= 11 is 0. The van der Waals surface area contributed by atoms with Gasteiger partial charge in [-0.3, -0.25) is 9.59 Å². The zero-order chi connectivity index (χ0) is 15.8. The Labute approximate surface area is 124 Å². The van der Waals surface area contributed by atoms with Crippen molar-refractivity contribution in [3.05, 3.63) is 23.8 Å². The second-order valence-corrected chi connectivity index (χ2v) is 5.80. The molecule has 1 fully saturated rings. The predicted molar refractivity (Wildman–Crippen MR) is 76.4 cm³/mol. The first-order valence-electron chi connectivity index (χ1n) is 6.74. The minimum atomic E-state index is -1.04. The molecule has 0 saturated carbocycles. The lowest BCUT2D eigenvalue weighted by Gasteiger charge is -2.45. The summed E-state index contributed by atoms with van der Waals surface area (Å²) in [6.45, 7) is 5.33. The van der Waals surface area contributed by atoms with Crippen molar-refractivity contribution in [2.45, 2.75) is 32.8 Å². The van der Waals surface area contributed by atoms with Crippen molar-refractivity contribution in [3.8, 4) is 11.5 Å². The minimum Gasteiger partial charge on any atom is -0.493 e. The molecular weight excluding hydrogens is 272 g/mol. The first-order valence-corrected chi connectivity index (χ1v) is 6.74. The molecule has 0 spiro atoms. The van der Waals surface area contributed by atoms with Gasteiger partial charge in [0.1, 0.15) is 12.0 Å². The highest BCUT2D eigenvalue weighted by Crippen LogP contribution is 2.48. The van der Waals surface area contributed by atoms with E-state index in [0.717, 1.165) is 0 Å². The van der Waals surface area contributed by atoms with Crippen LogP contribution >= 0.6 is 0 Å². The molecule has 1 aliphatic rings. The van der Waals surface area contributed by atoms with Crippen molar-refractivity contribution in [1.82, 2.24) is 0 Å². The zero-order valence-corrected chi connectivity index (χ0v) is 13.0. The number of benzene rings is 1. The number of carbonyl (C=O) groups excluding carboxylic acids is 2. The third-order valence-corrected chi connectivity index (χ3v) is 4.45. The molecule has 5 nitrogen and oxygen atoms in total. The van der Waals surface area contributed by atoms with Crippen molar-refractivity contribution in [3.63, 3.8) is 0 Å². The molecule has 114 valence electrons. The molecule has 0 unspecified atom stereocenters. The molecule has 1 aromatic carbocycles. The van der Waals surface area contributed by atoms with E-state index < -0.39 is 17.0 Å². The summed E-state index contributed by atoms with van der Waals surface area (Å²) in [4.78, 5) is 24.0. The molecule has 0 radical (unpaired) electrons. The van der Waals surface area contributed by atoms with Gasteiger partial charge in [0.25, 0.3) is 0 Å². The lowest BCUT2D eigenvalue weighted by atomic mass is 9.67. The van der Waals surface area contributed by atoms with E-state index in [4.69, 9.17) is 14.2 Å². The molecule has 1 aromatic rings. The van der Waals surface area contributed by atoms with Crippen LogP contribution in [0.4, 0.5) is 0 Å². The van der Waals surface area contributed by atoms with E-state index in [9.17, 15) is 9.59 Å². The standard InChI is InChI=1S/C16H20O5/c1-15(2)13(17)9-14(18)21-16(15,3)10-6-7-11(19-4)12(8-10)20-5/h6-8H,9H2,1-5H3/t16-/m0/s1. The fraction of sp³-hybridized carbons (Fsp3) is 0.500. The normalized spacial score (nSPS) is 24.4. The van der Waals surface area contributed by atoms with Crippen LogP contribution in [0.25, 0.3) is 0 Å². The van der Waals surface area contributed by atoms with Gasteiger partial charge < -0.3 is 14.2 Å². The number of hydrogen-bond acceptors (Lipinski definition) is 5. The summed E-state index contributed by atoms with van der Waals surface area (Å²) in [5, 5.41) is 0. The molecule has 1 saturated heterocycles. The number of cyclic esters (lactones) is 1. The van der Waals surface area contributed by atoms with E-state index in [1.54, 1.807) is 46.1 Å². The Morgan fingerprint density at radius 2 is 1.67 bits per heavy atom. The molecule has 5 heteroatoms. The van der Waals surface area contributed by atoms with Gasteiger partial charge in [0.15, 0.2) is 17.3 Å². The van der Waals surface area contributed by atoms with E-state index in [2.05, 4.69) is 0 Å². The molecule has 0 bridgehead atoms. The highest BCUT2D eigenvalue weighted by Gasteiger charge is 2.54. The lowest BCUT2D eigenvalue weighted by molar-refractivity contribution is -0.189. The van der Waals surface area contributed by atoms with Gasteiger partial charge in [-0.05, 0) is 32.9 Å². The van der Waals surface area contributed by atoms with Crippen LogP contribution in [-0.2, 0) is 19.9 Å². The number of ketones is 1. The Kier molecular flexibility index (Phi) is 3.70. The summed E-state index contributed by atoms with van der Waals surface area (Å²) in [6.07, 6.45) is -0.185. The Balaban J connectivity index is 2.56. The topological polar surface area (TPSA) is 61.8 Å². The maximum atomic E-state index is 12.2. The van der Waals surface area contributed by atoms with Crippen LogP contribution in [0.1, 0.15) is 32.8 Å². The fourth-order valence-electron chi connectivity index (χ4n) is 2.56. The third kappa shape index (κ3) is 2.26. The van der Waals surface area contributed by atoms with Gasteiger partial charge in [-0.15, -0.1) is 0 Å². The fourth-order valence-corrected chi connectivity index (χ4v) is 2.56. The van der Waals surface area contributed by atoms with Gasteiger partial charge in [-0.25, -0.2) is 0 Å². The highest BCUT2D eigenvalue weighted by molar-refractivity contribution is 6.01. The quantitative estimate of drug-likeness (QED) is 0.632. The van der Waals surface area contributed by atoms with Crippen molar-refractivity contribution in [2.75, 3.05) is 14.2 Å². The Hall–Kier alpha value is -2.04. The maximum Gasteiger partial charge on any atom is 0.314 e. The third-order valence-electron chi connectivity index (χ3n) is 4.45. The van der Waals surface area contributed by atoms with Crippen molar-refractivity contribution in [2.24, 2.45) is 5.41 Å². The minimum absolute atomic E-state index is 0.129. The van der Waals surface area contributed by atoms with Crippen molar-refractivity contribution in [1.29, 1.82) is 0 Å². The molecule has 1 aliphatic heterocycles. The second kappa shape index (κ2) is 5.06. The second-order valence-electron chi connectivity index (χ2n) is 5.80. The van der Waals surface area contributed by atoms with Crippen LogP contribution < -0.4 is 9.47 Å². The van der Waals surface area contributed by atoms with Gasteiger partial charge >= 0.3 is 5.97 Å². The Morgan fingerprint density at radius 1 is 1.05 bits per heavy atom. The maximum absolute atomic E-state index is 12.2. The predicted octanol–water partition coefficient (Wildman–Crippen LogP) is 2.46. The smallest absolute Gasteiger partial charge is 0.314 e. The molecule has 21 heavy (non-hydrogen) atoms. The van der Waals surface area contributed by atoms with Crippen LogP contribution in [0, 0.1) is 5.41 Å². The number of methoxy groups -OCH3 is 2. The summed E-state index contributed by atoms with van der Waals surface area (Å²) in [5.74, 6) is 0.477. The molecule has 1 atom stereocenters. The molecule has 2 rings (SSSR count). The van der Waals surface area contributed by atoms with Crippen LogP contribution in [-0.4, -0.2) is 26.0 Å². The van der Waals surface area contributed by atoms with Gasteiger partial charge in [0.2, 0.25) is 0 Å². The Bertz CT molecular complexity index is 590. The van der Waals surface area contributed by atoms with Gasteiger partial charge in [-0.1, -0.05) is 6.07 Å². The average Bonchev–Trinajstić information content (AvgIpc) is 2.44. The molecular formula is C16H20O5. The molecule has 0 N–H and O–H groups in total. The van der Waals surface area contributed by atoms with Crippen molar-refractivity contribution < 1.29 is 23.8 Å². The number of Topliss-reactive ketones (excluding diaryl/α,β-unsaturated/α-hetero) is 1. The largest absolute Gasteiger partial charge is 0.493 e. The summed E-state index contributed by atoms with van der Waals surface area (Å²) in [6, 6.07) is 5.27.